The van der Waals surface area contributed by atoms with Gasteiger partial charge in [-0.25, -0.2) is 4.98 Å². The van der Waals surface area contributed by atoms with Crippen molar-refractivity contribution in [1.29, 1.82) is 0 Å². The van der Waals surface area contributed by atoms with Gasteiger partial charge in [0, 0.05) is 18.8 Å². The molecule has 5 heteroatoms. The van der Waals surface area contributed by atoms with E-state index in [-0.39, 0.29) is 18.6 Å². The summed E-state index contributed by atoms with van der Waals surface area (Å²) in [7, 11) is 1.82. The summed E-state index contributed by atoms with van der Waals surface area (Å²) < 4.78 is 1.73. The zero-order valence-electron chi connectivity index (χ0n) is 12.0. The maximum Gasteiger partial charge on any atom is 0.271 e. The maximum absolute atomic E-state index is 12.0. The molecule has 1 aromatic heterocycles. The lowest BCUT2D eigenvalue weighted by Gasteiger charge is -2.13. The first-order valence-corrected chi connectivity index (χ1v) is 6.58. The van der Waals surface area contributed by atoms with Crippen molar-refractivity contribution in [2.75, 3.05) is 6.61 Å². The molecule has 1 amide bonds. The Bertz CT molecular complexity index is 678. The van der Waals surface area contributed by atoms with Crippen LogP contribution in [-0.2, 0) is 7.05 Å². The van der Waals surface area contributed by atoms with Crippen LogP contribution in [0.3, 0.4) is 0 Å². The van der Waals surface area contributed by atoms with Gasteiger partial charge in [-0.15, -0.1) is 0 Å². The first-order valence-electron chi connectivity index (χ1n) is 6.58. The van der Waals surface area contributed by atoms with Crippen LogP contribution in [0.15, 0.2) is 36.8 Å². The fourth-order valence-electron chi connectivity index (χ4n) is 1.88. The summed E-state index contributed by atoms with van der Waals surface area (Å²) in [5.41, 5.74) is 2.21. The lowest BCUT2D eigenvalue weighted by atomic mass is 10.1. The van der Waals surface area contributed by atoms with Crippen LogP contribution < -0.4 is 5.32 Å². The maximum atomic E-state index is 12.0. The van der Waals surface area contributed by atoms with Gasteiger partial charge < -0.3 is 15.0 Å². The first-order chi connectivity index (χ1) is 10.1. The second kappa shape index (κ2) is 6.73. The lowest BCUT2D eigenvalue weighted by molar-refractivity contribution is 0.0935. The molecule has 0 saturated carbocycles. The SMILES string of the molecule is CC(NC(=O)c1cn(C)cn1)c1ccc(C#CCO)cc1. The van der Waals surface area contributed by atoms with Crippen molar-refractivity contribution < 1.29 is 9.90 Å². The molecule has 0 aliphatic carbocycles. The highest BCUT2D eigenvalue weighted by atomic mass is 16.2. The smallest absolute Gasteiger partial charge is 0.271 e. The topological polar surface area (TPSA) is 67.2 Å². The highest BCUT2D eigenvalue weighted by molar-refractivity contribution is 5.92. The van der Waals surface area contributed by atoms with Gasteiger partial charge in [0.15, 0.2) is 0 Å². The molecule has 108 valence electrons. The molecule has 0 aliphatic heterocycles. The van der Waals surface area contributed by atoms with Crippen molar-refractivity contribution in [3.05, 3.63) is 53.6 Å². The van der Waals surface area contributed by atoms with Crippen LogP contribution in [0.1, 0.15) is 34.6 Å². The Kier molecular flexibility index (Phi) is 4.75. The quantitative estimate of drug-likeness (QED) is 0.833. The number of hydrogen-bond donors (Lipinski definition) is 2. The molecule has 0 saturated heterocycles. The molecular weight excluding hydrogens is 266 g/mol. The van der Waals surface area contributed by atoms with Crippen molar-refractivity contribution >= 4 is 5.91 Å². The molecule has 1 unspecified atom stereocenters. The number of amides is 1. The molecule has 2 N–H and O–H groups in total. The van der Waals surface area contributed by atoms with Gasteiger partial charge in [0.25, 0.3) is 5.91 Å². The van der Waals surface area contributed by atoms with Crippen molar-refractivity contribution in [3.8, 4) is 11.8 Å². The Balaban J connectivity index is 2.03. The van der Waals surface area contributed by atoms with E-state index in [0.29, 0.717) is 5.69 Å². The zero-order chi connectivity index (χ0) is 15.2. The fourth-order valence-corrected chi connectivity index (χ4v) is 1.88. The number of rotatable bonds is 3. The second-order valence-corrected chi connectivity index (χ2v) is 4.70. The van der Waals surface area contributed by atoms with E-state index in [0.717, 1.165) is 11.1 Å². The van der Waals surface area contributed by atoms with E-state index in [1.54, 1.807) is 17.1 Å². The van der Waals surface area contributed by atoms with Crippen LogP contribution in [0, 0.1) is 11.8 Å². The number of aryl methyl sites for hydroxylation is 1. The predicted octanol–water partition coefficient (Wildman–Crippen LogP) is 1.25. The Labute approximate surface area is 123 Å². The molecule has 0 bridgehead atoms. The van der Waals surface area contributed by atoms with E-state index in [1.165, 1.54) is 0 Å². The third-order valence-corrected chi connectivity index (χ3v) is 3.01. The standard InChI is InChI=1S/C16H17N3O2/c1-12(18-16(21)15-10-19(2)11-17-15)14-7-5-13(6-8-14)4-3-9-20/h5-8,10-12,20H,9H2,1-2H3,(H,18,21). The Morgan fingerprint density at radius 3 is 2.71 bits per heavy atom. The molecule has 0 spiro atoms. The van der Waals surface area contributed by atoms with Crippen LogP contribution in [-0.4, -0.2) is 27.2 Å². The molecular formula is C16H17N3O2. The van der Waals surface area contributed by atoms with E-state index < -0.39 is 0 Å². The largest absolute Gasteiger partial charge is 0.384 e. The van der Waals surface area contributed by atoms with Crippen molar-refractivity contribution in [3.63, 3.8) is 0 Å². The molecule has 2 aromatic rings. The highest BCUT2D eigenvalue weighted by Crippen LogP contribution is 2.13. The van der Waals surface area contributed by atoms with Gasteiger partial charge in [-0.2, -0.15) is 0 Å². The summed E-state index contributed by atoms with van der Waals surface area (Å²) in [6.45, 7) is 1.76. The number of imidazole rings is 1. The zero-order valence-corrected chi connectivity index (χ0v) is 12.0. The summed E-state index contributed by atoms with van der Waals surface area (Å²) >= 11 is 0. The Morgan fingerprint density at radius 1 is 1.43 bits per heavy atom. The van der Waals surface area contributed by atoms with Gasteiger partial charge in [0.2, 0.25) is 0 Å². The minimum absolute atomic E-state index is 0.126. The summed E-state index contributed by atoms with van der Waals surface area (Å²) in [6.07, 6.45) is 3.27. The molecule has 5 nitrogen and oxygen atoms in total. The van der Waals surface area contributed by atoms with Crippen molar-refractivity contribution in [2.24, 2.45) is 7.05 Å². The van der Waals surface area contributed by atoms with Crippen LogP contribution in [0.2, 0.25) is 0 Å². The second-order valence-electron chi connectivity index (χ2n) is 4.70. The van der Waals surface area contributed by atoms with Crippen molar-refractivity contribution in [1.82, 2.24) is 14.9 Å². The van der Waals surface area contributed by atoms with E-state index in [1.807, 2.05) is 38.2 Å². The van der Waals surface area contributed by atoms with Gasteiger partial charge in [-0.05, 0) is 24.6 Å². The molecule has 1 aromatic carbocycles. The van der Waals surface area contributed by atoms with E-state index in [9.17, 15) is 4.79 Å². The third kappa shape index (κ3) is 3.94. The highest BCUT2D eigenvalue weighted by Gasteiger charge is 2.13. The van der Waals surface area contributed by atoms with Crippen molar-refractivity contribution in [2.45, 2.75) is 13.0 Å². The van der Waals surface area contributed by atoms with Crippen LogP contribution in [0.25, 0.3) is 0 Å². The number of aliphatic hydroxyl groups is 1. The minimum atomic E-state index is -0.202. The monoisotopic (exact) mass is 283 g/mol. The fraction of sp³-hybridized carbons (Fsp3) is 0.250. The van der Waals surface area contributed by atoms with Gasteiger partial charge >= 0.3 is 0 Å². The van der Waals surface area contributed by atoms with Gasteiger partial charge in [0.05, 0.1) is 12.4 Å². The number of carbonyl (C=O) groups is 1. The van der Waals surface area contributed by atoms with E-state index in [4.69, 9.17) is 5.11 Å². The number of aliphatic hydroxyl groups excluding tert-OH is 1. The Morgan fingerprint density at radius 2 is 2.14 bits per heavy atom. The van der Waals surface area contributed by atoms with Gasteiger partial charge in [0.1, 0.15) is 12.3 Å². The number of hydrogen-bond acceptors (Lipinski definition) is 3. The summed E-state index contributed by atoms with van der Waals surface area (Å²) in [4.78, 5) is 16.0. The third-order valence-electron chi connectivity index (χ3n) is 3.01. The lowest BCUT2D eigenvalue weighted by Crippen LogP contribution is -2.26. The number of aromatic nitrogens is 2. The molecule has 2 rings (SSSR count). The normalized spacial score (nSPS) is 11.4. The first kappa shape index (κ1) is 14.8. The average Bonchev–Trinajstić information content (AvgIpc) is 2.92. The van der Waals surface area contributed by atoms with Crippen LogP contribution >= 0.6 is 0 Å². The summed E-state index contributed by atoms with van der Waals surface area (Å²) in [5, 5.41) is 11.5. The number of benzene rings is 1. The summed E-state index contributed by atoms with van der Waals surface area (Å²) in [6, 6.07) is 7.41. The van der Waals surface area contributed by atoms with E-state index >= 15 is 0 Å². The molecule has 1 atom stereocenters. The molecule has 0 fully saturated rings. The molecule has 0 aliphatic rings. The number of nitrogens with zero attached hydrogens (tertiary/aromatic N) is 2. The number of nitrogens with one attached hydrogen (secondary N) is 1. The van der Waals surface area contributed by atoms with E-state index in [2.05, 4.69) is 22.1 Å². The Hall–Kier alpha value is -2.58. The van der Waals surface area contributed by atoms with Crippen LogP contribution in [0.4, 0.5) is 0 Å². The van der Waals surface area contributed by atoms with Gasteiger partial charge in [-0.1, -0.05) is 24.0 Å². The summed E-state index contributed by atoms with van der Waals surface area (Å²) in [5.74, 6) is 5.22. The molecule has 21 heavy (non-hydrogen) atoms. The van der Waals surface area contributed by atoms with Crippen LogP contribution in [0.5, 0.6) is 0 Å². The molecule has 1 heterocycles. The average molecular weight is 283 g/mol. The predicted molar refractivity (Wildman–Crippen MR) is 79.5 cm³/mol. The minimum Gasteiger partial charge on any atom is -0.384 e. The number of carbonyl (C=O) groups excluding carboxylic acids is 1. The molecule has 0 radical (unpaired) electrons. The van der Waals surface area contributed by atoms with Gasteiger partial charge in [-0.3, -0.25) is 4.79 Å².